The van der Waals surface area contributed by atoms with Crippen LogP contribution in [0, 0.1) is 0 Å². The van der Waals surface area contributed by atoms with Gasteiger partial charge < -0.3 is 5.73 Å². The van der Waals surface area contributed by atoms with Crippen LogP contribution in [-0.2, 0) is 0 Å². The van der Waals surface area contributed by atoms with Crippen LogP contribution >= 0.6 is 0 Å². The third kappa shape index (κ3) is 12.3. The van der Waals surface area contributed by atoms with Crippen LogP contribution < -0.4 is 5.73 Å². The molecule has 0 saturated heterocycles. The topological polar surface area (TPSA) is 41.6 Å². The van der Waals surface area contributed by atoms with Crippen molar-refractivity contribution in [1.82, 2.24) is 4.90 Å². The highest BCUT2D eigenvalue weighted by Crippen LogP contribution is 2.16. The van der Waals surface area contributed by atoms with Crippen LogP contribution in [0.1, 0.15) is 96.8 Å². The van der Waals surface area contributed by atoms with Gasteiger partial charge in [-0.05, 0) is 32.1 Å². The lowest BCUT2D eigenvalue weighted by Gasteiger charge is -2.21. The van der Waals surface area contributed by atoms with E-state index >= 15 is 0 Å². The molecule has 0 amide bonds. The number of rotatable bonds is 17. The van der Waals surface area contributed by atoms with Crippen LogP contribution in [0.3, 0.4) is 0 Å². The van der Waals surface area contributed by atoms with Gasteiger partial charge in [-0.15, -0.1) is 0 Å². The van der Waals surface area contributed by atoms with E-state index in [0.717, 1.165) is 19.6 Å². The van der Waals surface area contributed by atoms with Crippen molar-refractivity contribution >= 4 is 6.21 Å². The molecule has 3 heteroatoms. The highest BCUT2D eigenvalue weighted by atomic mass is 15.3. The minimum atomic E-state index is 0.417. The third-order valence-electron chi connectivity index (χ3n) is 5.14. The first-order valence-corrected chi connectivity index (χ1v) is 11.0. The first-order valence-electron chi connectivity index (χ1n) is 11.0. The second-order valence-corrected chi connectivity index (χ2v) is 7.47. The normalized spacial score (nSPS) is 17.9. The molecule has 1 unspecified atom stereocenters. The standard InChI is InChI=1S/C22H43N3/c1-2-3-4-5-6-7-8-9-10-11-12-13-14-15-16-17-22-24-19-21-25(22)20-18-23/h4-5,19,22H,2-3,6-18,20-21,23H2,1H3/b5-4+. The fraction of sp³-hybridized carbons (Fsp3) is 0.864. The summed E-state index contributed by atoms with van der Waals surface area (Å²) < 4.78 is 0. The Morgan fingerprint density at radius 2 is 1.52 bits per heavy atom. The number of nitrogens with zero attached hydrogens (tertiary/aromatic N) is 2. The second kappa shape index (κ2) is 16.8. The maximum absolute atomic E-state index is 5.66. The number of allylic oxidation sites excluding steroid dienone is 2. The third-order valence-corrected chi connectivity index (χ3v) is 5.14. The average molecular weight is 350 g/mol. The van der Waals surface area contributed by atoms with Crippen LogP contribution in [0.4, 0.5) is 0 Å². The largest absolute Gasteiger partial charge is 0.329 e. The Bertz CT molecular complexity index is 338. The molecule has 0 aromatic carbocycles. The van der Waals surface area contributed by atoms with Gasteiger partial charge in [0.2, 0.25) is 0 Å². The van der Waals surface area contributed by atoms with Gasteiger partial charge in [-0.25, -0.2) is 0 Å². The molecule has 0 saturated carbocycles. The van der Waals surface area contributed by atoms with Gasteiger partial charge in [-0.3, -0.25) is 9.89 Å². The molecule has 1 heterocycles. The van der Waals surface area contributed by atoms with Crippen molar-refractivity contribution in [2.75, 3.05) is 19.6 Å². The van der Waals surface area contributed by atoms with Crippen molar-refractivity contribution in [3.05, 3.63) is 12.2 Å². The number of hydrogen-bond donors (Lipinski definition) is 1. The number of hydrogen-bond acceptors (Lipinski definition) is 3. The summed E-state index contributed by atoms with van der Waals surface area (Å²) in [6, 6.07) is 0. The molecule has 0 aromatic rings. The monoisotopic (exact) mass is 349 g/mol. The lowest BCUT2D eigenvalue weighted by molar-refractivity contribution is 0.241. The molecule has 0 aromatic heterocycles. The van der Waals surface area contributed by atoms with Gasteiger partial charge in [0.15, 0.2) is 0 Å². The molecule has 146 valence electrons. The first-order chi connectivity index (χ1) is 12.4. The number of nitrogens with two attached hydrogens (primary N) is 1. The zero-order chi connectivity index (χ0) is 18.0. The lowest BCUT2D eigenvalue weighted by atomic mass is 10.0. The fourth-order valence-electron chi connectivity index (χ4n) is 3.56. The predicted octanol–water partition coefficient (Wildman–Crippen LogP) is 5.70. The molecule has 0 spiro atoms. The van der Waals surface area contributed by atoms with E-state index in [0.29, 0.717) is 6.17 Å². The van der Waals surface area contributed by atoms with Crippen molar-refractivity contribution in [2.45, 2.75) is 103 Å². The summed E-state index contributed by atoms with van der Waals surface area (Å²) in [6.07, 6.45) is 26.2. The Morgan fingerprint density at radius 3 is 2.16 bits per heavy atom. The van der Waals surface area contributed by atoms with E-state index in [1.807, 2.05) is 0 Å². The minimum Gasteiger partial charge on any atom is -0.329 e. The van der Waals surface area contributed by atoms with Gasteiger partial charge in [0, 0.05) is 25.8 Å². The molecule has 1 atom stereocenters. The van der Waals surface area contributed by atoms with E-state index in [9.17, 15) is 0 Å². The maximum atomic E-state index is 5.66. The predicted molar refractivity (Wildman–Crippen MR) is 112 cm³/mol. The molecule has 0 aliphatic carbocycles. The van der Waals surface area contributed by atoms with Crippen LogP contribution in [0.5, 0.6) is 0 Å². The van der Waals surface area contributed by atoms with E-state index < -0.39 is 0 Å². The second-order valence-electron chi connectivity index (χ2n) is 7.47. The van der Waals surface area contributed by atoms with E-state index in [1.54, 1.807) is 0 Å². The van der Waals surface area contributed by atoms with Gasteiger partial charge in [-0.1, -0.05) is 76.9 Å². The average Bonchev–Trinajstić information content (AvgIpc) is 3.06. The summed E-state index contributed by atoms with van der Waals surface area (Å²) in [4.78, 5) is 6.98. The Kier molecular flexibility index (Phi) is 15.0. The zero-order valence-corrected chi connectivity index (χ0v) is 16.8. The first kappa shape index (κ1) is 22.4. The Morgan fingerprint density at radius 1 is 0.920 bits per heavy atom. The van der Waals surface area contributed by atoms with Gasteiger partial charge in [0.25, 0.3) is 0 Å². The summed E-state index contributed by atoms with van der Waals surface area (Å²) in [5.41, 5.74) is 5.66. The zero-order valence-electron chi connectivity index (χ0n) is 16.8. The van der Waals surface area contributed by atoms with Gasteiger partial charge >= 0.3 is 0 Å². The van der Waals surface area contributed by atoms with E-state index in [-0.39, 0.29) is 0 Å². The molecule has 3 nitrogen and oxygen atoms in total. The van der Waals surface area contributed by atoms with Crippen LogP contribution in [0.25, 0.3) is 0 Å². The Labute approximate surface area is 157 Å². The molecule has 2 N–H and O–H groups in total. The summed E-state index contributed by atoms with van der Waals surface area (Å²) in [5.74, 6) is 0. The molecule has 0 fully saturated rings. The summed E-state index contributed by atoms with van der Waals surface area (Å²) in [6.45, 7) is 4.97. The van der Waals surface area contributed by atoms with Crippen molar-refractivity contribution in [3.63, 3.8) is 0 Å². The van der Waals surface area contributed by atoms with E-state index in [4.69, 9.17) is 5.73 Å². The lowest BCUT2D eigenvalue weighted by Crippen LogP contribution is -2.34. The Hall–Kier alpha value is -0.670. The van der Waals surface area contributed by atoms with Gasteiger partial charge in [0.1, 0.15) is 6.17 Å². The van der Waals surface area contributed by atoms with Crippen molar-refractivity contribution < 1.29 is 0 Å². The van der Waals surface area contributed by atoms with Crippen LogP contribution in [-0.4, -0.2) is 36.9 Å². The fourth-order valence-corrected chi connectivity index (χ4v) is 3.56. The molecule has 1 rings (SSSR count). The highest BCUT2D eigenvalue weighted by molar-refractivity contribution is 5.62. The van der Waals surface area contributed by atoms with E-state index in [2.05, 4.69) is 35.2 Å². The molecule has 0 radical (unpaired) electrons. The van der Waals surface area contributed by atoms with Crippen molar-refractivity contribution in [3.8, 4) is 0 Å². The van der Waals surface area contributed by atoms with Gasteiger partial charge in [0.05, 0.1) is 0 Å². The molecular formula is C22H43N3. The van der Waals surface area contributed by atoms with Crippen molar-refractivity contribution in [2.24, 2.45) is 10.7 Å². The molecule has 1 aliphatic rings. The van der Waals surface area contributed by atoms with Gasteiger partial charge in [-0.2, -0.15) is 0 Å². The SMILES string of the molecule is CCC/C=C/CCCCCCCCCCCCC1N=CCN1CCN. The van der Waals surface area contributed by atoms with Crippen LogP contribution in [0.2, 0.25) is 0 Å². The number of unbranched alkanes of at least 4 members (excludes halogenated alkanes) is 11. The van der Waals surface area contributed by atoms with Crippen molar-refractivity contribution in [1.29, 1.82) is 0 Å². The van der Waals surface area contributed by atoms with Crippen LogP contribution in [0.15, 0.2) is 17.1 Å². The smallest absolute Gasteiger partial charge is 0.102 e. The maximum Gasteiger partial charge on any atom is 0.102 e. The molecular weight excluding hydrogens is 306 g/mol. The molecule has 0 bridgehead atoms. The highest BCUT2D eigenvalue weighted by Gasteiger charge is 2.19. The van der Waals surface area contributed by atoms with E-state index in [1.165, 1.54) is 89.9 Å². The molecule has 25 heavy (non-hydrogen) atoms. The number of aliphatic imine (C=N–C) groups is 1. The quantitative estimate of drug-likeness (QED) is 0.270. The summed E-state index contributed by atoms with van der Waals surface area (Å²) >= 11 is 0. The summed E-state index contributed by atoms with van der Waals surface area (Å²) in [7, 11) is 0. The summed E-state index contributed by atoms with van der Waals surface area (Å²) in [5, 5.41) is 0. The Balaban J connectivity index is 1.78. The molecule has 1 aliphatic heterocycles. The minimum absolute atomic E-state index is 0.417.